The molecule has 1 atom stereocenters. The number of benzene rings is 3. The van der Waals surface area contributed by atoms with Gasteiger partial charge in [0.05, 0.1) is 10.6 Å². The van der Waals surface area contributed by atoms with Crippen LogP contribution in [0.4, 0.5) is 5.69 Å². The molecule has 0 saturated heterocycles. The third-order valence-corrected chi connectivity index (χ3v) is 8.60. The molecule has 3 rings (SSSR count). The van der Waals surface area contributed by atoms with E-state index in [1.54, 1.807) is 30.3 Å². The second kappa shape index (κ2) is 13.1. The molecular weight excluding hydrogens is 522 g/mol. The minimum absolute atomic E-state index is 0.0945. The number of sulfonamides is 1. The van der Waals surface area contributed by atoms with Gasteiger partial charge in [-0.15, -0.1) is 0 Å². The first-order valence-electron chi connectivity index (χ1n) is 13.6. The zero-order chi connectivity index (χ0) is 29.5. The average Bonchev–Trinajstić information content (AvgIpc) is 2.91. The highest BCUT2D eigenvalue weighted by atomic mass is 32.2. The monoisotopic (exact) mass is 563 g/mol. The number of anilines is 1. The Morgan fingerprint density at radius 2 is 1.48 bits per heavy atom. The first-order valence-corrected chi connectivity index (χ1v) is 15.1. The molecule has 40 heavy (non-hydrogen) atoms. The number of hydrogen-bond acceptors (Lipinski definition) is 4. The zero-order valence-electron chi connectivity index (χ0n) is 24.3. The smallest absolute Gasteiger partial charge is 0.264 e. The van der Waals surface area contributed by atoms with Crippen molar-refractivity contribution in [2.24, 2.45) is 0 Å². The van der Waals surface area contributed by atoms with Crippen molar-refractivity contribution in [1.82, 2.24) is 10.2 Å². The Labute approximate surface area is 239 Å². The Hall–Kier alpha value is -3.65. The number of amides is 2. The lowest BCUT2D eigenvalue weighted by molar-refractivity contribution is -0.140. The van der Waals surface area contributed by atoms with Crippen LogP contribution in [-0.2, 0) is 26.0 Å². The molecule has 0 unspecified atom stereocenters. The van der Waals surface area contributed by atoms with E-state index in [9.17, 15) is 18.0 Å². The Kier molecular flexibility index (Phi) is 10.1. The zero-order valence-corrected chi connectivity index (χ0v) is 25.2. The highest BCUT2D eigenvalue weighted by molar-refractivity contribution is 7.92. The van der Waals surface area contributed by atoms with E-state index in [-0.39, 0.29) is 17.3 Å². The molecule has 0 aromatic heterocycles. The standard InChI is InChI=1S/C32H41N3O4S/c1-7-28(31(37)33-32(4,5)6)34(22-21-26-16-10-8-11-17-26)30(36)23-35(29-20-14-15-24(2)25(29)3)40(38,39)27-18-12-9-13-19-27/h8-20,28H,7,21-23H2,1-6H3,(H,33,37)/t28-/m0/s1. The Morgan fingerprint density at radius 3 is 2.05 bits per heavy atom. The molecular formula is C32H41N3O4S. The molecule has 0 heterocycles. The third kappa shape index (κ3) is 7.72. The largest absolute Gasteiger partial charge is 0.350 e. The van der Waals surface area contributed by atoms with Gasteiger partial charge in [0.1, 0.15) is 12.6 Å². The summed E-state index contributed by atoms with van der Waals surface area (Å²) in [7, 11) is -4.09. The van der Waals surface area contributed by atoms with E-state index in [1.807, 2.05) is 77.9 Å². The summed E-state index contributed by atoms with van der Waals surface area (Å²) in [5, 5.41) is 3.00. The van der Waals surface area contributed by atoms with E-state index in [2.05, 4.69) is 5.32 Å². The predicted molar refractivity (Wildman–Crippen MR) is 161 cm³/mol. The van der Waals surface area contributed by atoms with Crippen LogP contribution in [0.3, 0.4) is 0 Å². The molecule has 3 aromatic rings. The van der Waals surface area contributed by atoms with Crippen molar-refractivity contribution in [2.45, 2.75) is 70.9 Å². The summed E-state index contributed by atoms with van der Waals surface area (Å²) in [6, 6.07) is 22.5. The molecule has 0 aliphatic rings. The van der Waals surface area contributed by atoms with E-state index in [4.69, 9.17) is 0 Å². The number of carbonyl (C=O) groups is 2. The van der Waals surface area contributed by atoms with Gasteiger partial charge in [0.15, 0.2) is 0 Å². The van der Waals surface area contributed by atoms with Crippen LogP contribution < -0.4 is 9.62 Å². The minimum atomic E-state index is -4.09. The molecule has 0 aliphatic heterocycles. The van der Waals surface area contributed by atoms with Crippen LogP contribution in [0.15, 0.2) is 83.8 Å². The van der Waals surface area contributed by atoms with Gasteiger partial charge in [-0.2, -0.15) is 0 Å². The van der Waals surface area contributed by atoms with Crippen LogP contribution in [0.2, 0.25) is 0 Å². The molecule has 214 valence electrons. The normalized spacial score (nSPS) is 12.4. The van der Waals surface area contributed by atoms with Crippen molar-refractivity contribution in [3.8, 4) is 0 Å². The first kappa shape index (κ1) is 30.9. The van der Waals surface area contributed by atoms with E-state index in [0.29, 0.717) is 18.5 Å². The molecule has 0 saturated carbocycles. The number of nitrogens with one attached hydrogen (secondary N) is 1. The van der Waals surface area contributed by atoms with Gasteiger partial charge in [-0.25, -0.2) is 8.42 Å². The van der Waals surface area contributed by atoms with Gasteiger partial charge in [-0.3, -0.25) is 13.9 Å². The number of hydrogen-bond donors (Lipinski definition) is 1. The maximum absolute atomic E-state index is 14.1. The Bertz CT molecular complexity index is 1400. The number of nitrogens with zero attached hydrogens (tertiary/aromatic N) is 2. The van der Waals surface area contributed by atoms with Gasteiger partial charge >= 0.3 is 0 Å². The topological polar surface area (TPSA) is 86.8 Å². The summed E-state index contributed by atoms with van der Waals surface area (Å²) in [6.07, 6.45) is 0.915. The quantitative estimate of drug-likeness (QED) is 0.345. The molecule has 0 aliphatic carbocycles. The highest BCUT2D eigenvalue weighted by Gasteiger charge is 2.34. The number of carbonyl (C=O) groups excluding carboxylic acids is 2. The average molecular weight is 564 g/mol. The summed E-state index contributed by atoms with van der Waals surface area (Å²) in [5.74, 6) is -0.701. The molecule has 0 spiro atoms. The first-order chi connectivity index (χ1) is 18.8. The number of aryl methyl sites for hydroxylation is 1. The van der Waals surface area contributed by atoms with Crippen molar-refractivity contribution in [3.05, 3.63) is 95.6 Å². The van der Waals surface area contributed by atoms with Gasteiger partial charge in [0, 0.05) is 12.1 Å². The van der Waals surface area contributed by atoms with E-state index < -0.39 is 34.1 Å². The predicted octanol–water partition coefficient (Wildman–Crippen LogP) is 5.26. The molecule has 7 nitrogen and oxygen atoms in total. The van der Waals surface area contributed by atoms with Gasteiger partial charge in [-0.1, -0.05) is 67.6 Å². The third-order valence-electron chi connectivity index (χ3n) is 6.82. The lowest BCUT2D eigenvalue weighted by Crippen LogP contribution is -2.56. The summed E-state index contributed by atoms with van der Waals surface area (Å²) in [6.45, 7) is 11.1. The van der Waals surface area contributed by atoms with Crippen molar-refractivity contribution < 1.29 is 18.0 Å². The maximum Gasteiger partial charge on any atom is 0.264 e. The van der Waals surface area contributed by atoms with Gasteiger partial charge < -0.3 is 10.2 Å². The fourth-order valence-corrected chi connectivity index (χ4v) is 6.08. The van der Waals surface area contributed by atoms with Crippen LogP contribution in [0.5, 0.6) is 0 Å². The van der Waals surface area contributed by atoms with Crippen LogP contribution in [0.25, 0.3) is 0 Å². The van der Waals surface area contributed by atoms with Crippen LogP contribution >= 0.6 is 0 Å². The lowest BCUT2D eigenvalue weighted by atomic mass is 10.1. The van der Waals surface area contributed by atoms with Crippen LogP contribution in [0.1, 0.15) is 50.8 Å². The highest BCUT2D eigenvalue weighted by Crippen LogP contribution is 2.29. The molecule has 0 bridgehead atoms. The second-order valence-corrected chi connectivity index (χ2v) is 12.9. The van der Waals surface area contributed by atoms with Gasteiger partial charge in [0.2, 0.25) is 11.8 Å². The number of rotatable bonds is 11. The molecule has 8 heteroatoms. The Morgan fingerprint density at radius 1 is 0.875 bits per heavy atom. The molecule has 3 aromatic carbocycles. The van der Waals surface area contributed by atoms with Crippen molar-refractivity contribution >= 4 is 27.5 Å². The molecule has 1 N–H and O–H groups in total. The van der Waals surface area contributed by atoms with E-state index in [0.717, 1.165) is 16.7 Å². The van der Waals surface area contributed by atoms with Crippen LogP contribution in [0, 0.1) is 13.8 Å². The maximum atomic E-state index is 14.1. The summed E-state index contributed by atoms with van der Waals surface area (Å²) < 4.78 is 29.1. The van der Waals surface area contributed by atoms with Crippen LogP contribution in [-0.4, -0.2) is 49.8 Å². The SMILES string of the molecule is CC[C@@H](C(=O)NC(C)(C)C)N(CCc1ccccc1)C(=O)CN(c1cccc(C)c1C)S(=O)(=O)c1ccccc1. The fourth-order valence-electron chi connectivity index (χ4n) is 4.59. The fraction of sp³-hybridized carbons (Fsp3) is 0.375. The van der Waals surface area contributed by atoms with E-state index >= 15 is 0 Å². The van der Waals surface area contributed by atoms with Crippen molar-refractivity contribution in [3.63, 3.8) is 0 Å². The van der Waals surface area contributed by atoms with Gasteiger partial charge in [0.25, 0.3) is 10.0 Å². The summed E-state index contributed by atoms with van der Waals surface area (Å²) in [5.41, 5.74) is 2.65. The second-order valence-electron chi connectivity index (χ2n) is 11.0. The molecule has 0 fully saturated rings. The van der Waals surface area contributed by atoms with Crippen molar-refractivity contribution in [1.29, 1.82) is 0 Å². The summed E-state index contributed by atoms with van der Waals surface area (Å²) in [4.78, 5) is 29.1. The van der Waals surface area contributed by atoms with E-state index in [1.165, 1.54) is 21.3 Å². The van der Waals surface area contributed by atoms with Crippen molar-refractivity contribution in [2.75, 3.05) is 17.4 Å². The molecule has 2 amide bonds. The molecule has 0 radical (unpaired) electrons. The minimum Gasteiger partial charge on any atom is -0.350 e. The van der Waals surface area contributed by atoms with Gasteiger partial charge in [-0.05, 0) is 82.3 Å². The Balaban J connectivity index is 2.05. The lowest BCUT2D eigenvalue weighted by Gasteiger charge is -2.35. The summed E-state index contributed by atoms with van der Waals surface area (Å²) >= 11 is 0.